The highest BCUT2D eigenvalue weighted by Crippen LogP contribution is 2.29. The summed E-state index contributed by atoms with van der Waals surface area (Å²) in [5, 5.41) is 3.10. The van der Waals surface area contributed by atoms with Crippen LogP contribution in [0.15, 0.2) is 24.3 Å². The largest absolute Gasteiger partial charge is 0.349 e. The number of amides is 1. The topological polar surface area (TPSA) is 55.1 Å². The fourth-order valence-corrected chi connectivity index (χ4v) is 2.90. The zero-order chi connectivity index (χ0) is 14.6. The molecule has 0 aromatic heterocycles. The summed E-state index contributed by atoms with van der Waals surface area (Å²) in [6.07, 6.45) is 4.53. The van der Waals surface area contributed by atoms with Crippen LogP contribution < -0.4 is 11.1 Å². The maximum Gasteiger partial charge on any atom is 0.223 e. The molecule has 2 rings (SSSR count). The molecule has 0 aliphatic heterocycles. The predicted octanol–water partition coefficient (Wildman–Crippen LogP) is 2.81. The van der Waals surface area contributed by atoms with Gasteiger partial charge in [0.1, 0.15) is 5.82 Å². The number of carbonyl (C=O) groups excluding carboxylic acids is 1. The van der Waals surface area contributed by atoms with E-state index in [1.807, 2.05) is 6.92 Å². The van der Waals surface area contributed by atoms with Crippen LogP contribution >= 0.6 is 12.4 Å². The van der Waals surface area contributed by atoms with Crippen LogP contribution in [0.2, 0.25) is 0 Å². The summed E-state index contributed by atoms with van der Waals surface area (Å²) in [5.41, 5.74) is 6.17. The van der Waals surface area contributed by atoms with Gasteiger partial charge >= 0.3 is 0 Å². The molecule has 1 aliphatic carbocycles. The second-order valence-electron chi connectivity index (χ2n) is 5.88. The predicted molar refractivity (Wildman–Crippen MR) is 84.9 cm³/mol. The number of halogens is 2. The quantitative estimate of drug-likeness (QED) is 0.878. The highest BCUT2D eigenvalue weighted by molar-refractivity contribution is 5.85. The second-order valence-corrected chi connectivity index (χ2v) is 5.88. The molecule has 1 saturated carbocycles. The lowest BCUT2D eigenvalue weighted by Crippen LogP contribution is -2.53. The van der Waals surface area contributed by atoms with E-state index >= 15 is 0 Å². The number of hydrogen-bond acceptors (Lipinski definition) is 2. The first-order chi connectivity index (χ1) is 9.56. The van der Waals surface area contributed by atoms with Crippen molar-refractivity contribution in [1.29, 1.82) is 0 Å². The number of nitrogens with one attached hydrogen (secondary N) is 1. The van der Waals surface area contributed by atoms with Crippen molar-refractivity contribution in [2.24, 2.45) is 11.7 Å². The van der Waals surface area contributed by atoms with Gasteiger partial charge in [-0.25, -0.2) is 4.39 Å². The van der Waals surface area contributed by atoms with Crippen LogP contribution in [0.3, 0.4) is 0 Å². The first-order valence-corrected chi connectivity index (χ1v) is 7.32. The van der Waals surface area contributed by atoms with Gasteiger partial charge in [-0.1, -0.05) is 38.0 Å². The minimum Gasteiger partial charge on any atom is -0.349 e. The zero-order valence-electron chi connectivity index (χ0n) is 12.4. The minimum absolute atomic E-state index is 0. The molecule has 5 heteroatoms. The average Bonchev–Trinajstić information content (AvgIpc) is 2.90. The number of carbonyl (C=O) groups is 1. The van der Waals surface area contributed by atoms with Crippen molar-refractivity contribution in [3.63, 3.8) is 0 Å². The molecule has 1 unspecified atom stereocenters. The van der Waals surface area contributed by atoms with E-state index < -0.39 is 0 Å². The lowest BCUT2D eigenvalue weighted by atomic mass is 9.94. The third kappa shape index (κ3) is 4.42. The Hall–Kier alpha value is -1.13. The smallest absolute Gasteiger partial charge is 0.223 e. The molecule has 1 aromatic rings. The van der Waals surface area contributed by atoms with Gasteiger partial charge in [-0.3, -0.25) is 4.79 Å². The standard InChI is InChI=1S/C16H23FN2O.ClH/c1-12(10-13-6-2-3-7-14(13)17)15(20)19-16(11-18)8-4-5-9-16;/h2-3,6-7,12H,4-5,8-11,18H2,1H3,(H,19,20);1H. The van der Waals surface area contributed by atoms with Gasteiger partial charge in [0.2, 0.25) is 5.91 Å². The third-order valence-electron chi connectivity index (χ3n) is 4.27. The third-order valence-corrected chi connectivity index (χ3v) is 4.27. The molecule has 3 nitrogen and oxygen atoms in total. The van der Waals surface area contributed by atoms with E-state index in [0.29, 0.717) is 18.5 Å². The van der Waals surface area contributed by atoms with E-state index in [0.717, 1.165) is 25.7 Å². The Balaban J connectivity index is 0.00000220. The zero-order valence-corrected chi connectivity index (χ0v) is 13.2. The molecule has 1 fully saturated rings. The lowest BCUT2D eigenvalue weighted by molar-refractivity contribution is -0.126. The van der Waals surface area contributed by atoms with Gasteiger partial charge in [0, 0.05) is 12.5 Å². The Labute approximate surface area is 131 Å². The SMILES string of the molecule is CC(Cc1ccccc1F)C(=O)NC1(CN)CCCC1.Cl. The van der Waals surface area contributed by atoms with Gasteiger partial charge in [-0.15, -0.1) is 12.4 Å². The van der Waals surface area contributed by atoms with Crippen LogP contribution in [0.4, 0.5) is 4.39 Å². The molecule has 118 valence electrons. The number of rotatable bonds is 5. The molecule has 0 heterocycles. The van der Waals surface area contributed by atoms with E-state index in [9.17, 15) is 9.18 Å². The van der Waals surface area contributed by atoms with Gasteiger partial charge in [0.15, 0.2) is 0 Å². The molecule has 1 atom stereocenters. The van der Waals surface area contributed by atoms with Crippen LogP contribution in [0.5, 0.6) is 0 Å². The van der Waals surface area contributed by atoms with Crippen LogP contribution in [0.1, 0.15) is 38.2 Å². The van der Waals surface area contributed by atoms with Crippen molar-refractivity contribution < 1.29 is 9.18 Å². The van der Waals surface area contributed by atoms with E-state index in [4.69, 9.17) is 5.73 Å². The number of nitrogens with two attached hydrogens (primary N) is 1. The van der Waals surface area contributed by atoms with Crippen molar-refractivity contribution in [3.8, 4) is 0 Å². The lowest BCUT2D eigenvalue weighted by Gasteiger charge is -2.30. The molecular formula is C16H24ClFN2O. The molecule has 21 heavy (non-hydrogen) atoms. The summed E-state index contributed by atoms with van der Waals surface area (Å²) in [7, 11) is 0. The minimum atomic E-state index is -0.254. The summed E-state index contributed by atoms with van der Waals surface area (Å²) in [6.45, 7) is 2.31. The fraction of sp³-hybridized carbons (Fsp3) is 0.562. The molecule has 0 spiro atoms. The molecule has 0 saturated heterocycles. The highest BCUT2D eigenvalue weighted by atomic mass is 35.5. The summed E-state index contributed by atoms with van der Waals surface area (Å²) >= 11 is 0. The van der Waals surface area contributed by atoms with Crippen molar-refractivity contribution in [2.75, 3.05) is 6.54 Å². The van der Waals surface area contributed by atoms with Crippen molar-refractivity contribution >= 4 is 18.3 Å². The summed E-state index contributed by atoms with van der Waals surface area (Å²) in [4.78, 5) is 12.3. The van der Waals surface area contributed by atoms with Crippen molar-refractivity contribution in [2.45, 2.75) is 44.6 Å². The number of benzene rings is 1. The normalized spacial score (nSPS) is 17.9. The Bertz CT molecular complexity index is 475. The fourth-order valence-electron chi connectivity index (χ4n) is 2.90. The van der Waals surface area contributed by atoms with Gasteiger partial charge < -0.3 is 11.1 Å². The Morgan fingerprint density at radius 3 is 2.57 bits per heavy atom. The van der Waals surface area contributed by atoms with E-state index in [2.05, 4.69) is 5.32 Å². The van der Waals surface area contributed by atoms with Crippen LogP contribution in [-0.4, -0.2) is 18.0 Å². The highest BCUT2D eigenvalue weighted by Gasteiger charge is 2.34. The Kier molecular flexibility index (Phi) is 6.62. The van der Waals surface area contributed by atoms with Gasteiger partial charge in [-0.05, 0) is 30.9 Å². The molecule has 1 amide bonds. The van der Waals surface area contributed by atoms with Crippen molar-refractivity contribution in [3.05, 3.63) is 35.6 Å². The second kappa shape index (κ2) is 7.76. The number of hydrogen-bond donors (Lipinski definition) is 2. The maximum absolute atomic E-state index is 13.6. The summed E-state index contributed by atoms with van der Waals surface area (Å²) in [6, 6.07) is 6.61. The summed E-state index contributed by atoms with van der Waals surface area (Å²) < 4.78 is 13.6. The molecule has 0 bridgehead atoms. The summed E-state index contributed by atoms with van der Waals surface area (Å²) in [5.74, 6) is -0.530. The first-order valence-electron chi connectivity index (χ1n) is 7.32. The average molecular weight is 315 g/mol. The molecular weight excluding hydrogens is 291 g/mol. The van der Waals surface area contributed by atoms with E-state index in [-0.39, 0.29) is 35.6 Å². The van der Waals surface area contributed by atoms with Gasteiger partial charge in [-0.2, -0.15) is 0 Å². The van der Waals surface area contributed by atoms with Gasteiger partial charge in [0.05, 0.1) is 5.54 Å². The van der Waals surface area contributed by atoms with Crippen LogP contribution in [0, 0.1) is 11.7 Å². The van der Waals surface area contributed by atoms with Crippen molar-refractivity contribution in [1.82, 2.24) is 5.32 Å². The molecule has 1 aliphatic rings. The molecule has 3 N–H and O–H groups in total. The Morgan fingerprint density at radius 2 is 2.00 bits per heavy atom. The molecule has 0 radical (unpaired) electrons. The van der Waals surface area contributed by atoms with Gasteiger partial charge in [0.25, 0.3) is 0 Å². The maximum atomic E-state index is 13.6. The monoisotopic (exact) mass is 314 g/mol. The first kappa shape index (κ1) is 17.9. The Morgan fingerprint density at radius 1 is 1.38 bits per heavy atom. The van der Waals surface area contributed by atoms with Crippen LogP contribution in [-0.2, 0) is 11.2 Å². The van der Waals surface area contributed by atoms with Crippen LogP contribution in [0.25, 0.3) is 0 Å². The van der Waals surface area contributed by atoms with E-state index in [1.165, 1.54) is 6.07 Å². The molecule has 1 aromatic carbocycles. The van der Waals surface area contributed by atoms with E-state index in [1.54, 1.807) is 18.2 Å².